The number of aromatic nitrogens is 3. The minimum atomic E-state index is -0.0660. The molecule has 8 nitrogen and oxygen atoms in total. The van der Waals surface area contributed by atoms with E-state index in [2.05, 4.69) is 15.0 Å². The van der Waals surface area contributed by atoms with Crippen molar-refractivity contribution in [1.82, 2.24) is 24.8 Å². The normalized spacial score (nSPS) is 22.8. The molecule has 2 saturated heterocycles. The summed E-state index contributed by atoms with van der Waals surface area (Å²) in [5, 5.41) is 0. The molecule has 0 radical (unpaired) electrons. The predicted octanol–water partition coefficient (Wildman–Crippen LogP) is 1.71. The van der Waals surface area contributed by atoms with Crippen LogP contribution in [0.15, 0.2) is 16.9 Å². The van der Waals surface area contributed by atoms with Gasteiger partial charge < -0.3 is 19.2 Å². The molecule has 0 aliphatic carbocycles. The number of hydrogen-bond donors (Lipinski definition) is 1. The van der Waals surface area contributed by atoms with E-state index in [1.165, 1.54) is 0 Å². The van der Waals surface area contributed by atoms with E-state index in [0.29, 0.717) is 49.3 Å². The molecule has 4 rings (SSSR count). The molecular formula is C19H25N5O3. The summed E-state index contributed by atoms with van der Waals surface area (Å²) < 4.78 is 5.41. The van der Waals surface area contributed by atoms with E-state index in [4.69, 9.17) is 4.42 Å². The number of fused-ring (bicyclic) bond motifs is 1. The standard InChI is InChI=1S/C19H25N5O3/c1-12-18(22-13(2)27-12)19(26)23-7-6-16-14(10-23)3-4-17(25)24(16)8-5-15-9-20-11-21-15/h9,11,14,16H,3-8,10H2,1-2H3,(H,20,21)/t14-,16+/m0/s1. The van der Waals surface area contributed by atoms with E-state index in [0.717, 1.165) is 25.0 Å². The molecule has 0 saturated carbocycles. The van der Waals surface area contributed by atoms with E-state index in [1.54, 1.807) is 26.4 Å². The van der Waals surface area contributed by atoms with Crippen LogP contribution < -0.4 is 0 Å². The molecule has 2 amide bonds. The largest absolute Gasteiger partial charge is 0.445 e. The number of aromatic amines is 1. The number of aryl methyl sites for hydroxylation is 2. The SMILES string of the molecule is Cc1nc(C(=O)N2CC[C@@H]3[C@@H](CCC(=O)N3CCc3cnc[nH]3)C2)c(C)o1. The van der Waals surface area contributed by atoms with Gasteiger partial charge in [-0.05, 0) is 25.7 Å². The van der Waals surface area contributed by atoms with Gasteiger partial charge in [-0.2, -0.15) is 0 Å². The fraction of sp³-hybridized carbons (Fsp3) is 0.579. The Balaban J connectivity index is 1.43. The Kier molecular flexibility index (Phi) is 4.72. The van der Waals surface area contributed by atoms with Crippen LogP contribution in [0.5, 0.6) is 0 Å². The fourth-order valence-corrected chi connectivity index (χ4v) is 4.37. The second-order valence-corrected chi connectivity index (χ2v) is 7.46. The summed E-state index contributed by atoms with van der Waals surface area (Å²) in [6, 6.07) is 0.207. The van der Waals surface area contributed by atoms with Gasteiger partial charge in [0.1, 0.15) is 5.76 Å². The number of carbonyl (C=O) groups is 2. The van der Waals surface area contributed by atoms with Gasteiger partial charge in [-0.15, -0.1) is 0 Å². The van der Waals surface area contributed by atoms with Crippen LogP contribution in [0.1, 0.15) is 47.1 Å². The topological polar surface area (TPSA) is 95.3 Å². The molecule has 27 heavy (non-hydrogen) atoms. The number of oxazole rings is 1. The lowest BCUT2D eigenvalue weighted by Gasteiger charge is -2.47. The van der Waals surface area contributed by atoms with Crippen molar-refractivity contribution in [2.45, 2.75) is 45.6 Å². The Hall–Kier alpha value is -2.64. The summed E-state index contributed by atoms with van der Waals surface area (Å²) in [6.45, 7) is 5.52. The zero-order chi connectivity index (χ0) is 19.0. The first kappa shape index (κ1) is 17.8. The van der Waals surface area contributed by atoms with E-state index in [1.807, 2.05) is 9.80 Å². The number of imidazole rings is 1. The third-order valence-corrected chi connectivity index (χ3v) is 5.71. The monoisotopic (exact) mass is 371 g/mol. The van der Waals surface area contributed by atoms with Gasteiger partial charge in [0.15, 0.2) is 11.6 Å². The molecule has 0 unspecified atom stereocenters. The Morgan fingerprint density at radius 3 is 2.93 bits per heavy atom. The van der Waals surface area contributed by atoms with Crippen molar-refractivity contribution in [3.05, 3.63) is 35.6 Å². The van der Waals surface area contributed by atoms with E-state index >= 15 is 0 Å². The van der Waals surface area contributed by atoms with Gasteiger partial charge >= 0.3 is 0 Å². The predicted molar refractivity (Wildman–Crippen MR) is 97.0 cm³/mol. The van der Waals surface area contributed by atoms with Crippen LogP contribution in [-0.2, 0) is 11.2 Å². The maximum atomic E-state index is 12.8. The van der Waals surface area contributed by atoms with E-state index in [-0.39, 0.29) is 17.9 Å². The summed E-state index contributed by atoms with van der Waals surface area (Å²) in [4.78, 5) is 40.6. The third-order valence-electron chi connectivity index (χ3n) is 5.71. The highest BCUT2D eigenvalue weighted by Crippen LogP contribution is 2.32. The van der Waals surface area contributed by atoms with Crippen molar-refractivity contribution >= 4 is 11.8 Å². The minimum absolute atomic E-state index is 0.0660. The minimum Gasteiger partial charge on any atom is -0.445 e. The second kappa shape index (κ2) is 7.17. The summed E-state index contributed by atoms with van der Waals surface area (Å²) in [6.07, 6.45) is 6.43. The fourth-order valence-electron chi connectivity index (χ4n) is 4.37. The molecule has 8 heteroatoms. The van der Waals surface area contributed by atoms with Gasteiger partial charge in [-0.3, -0.25) is 9.59 Å². The van der Waals surface area contributed by atoms with Crippen LogP contribution in [-0.4, -0.2) is 62.2 Å². The highest BCUT2D eigenvalue weighted by atomic mass is 16.4. The van der Waals surface area contributed by atoms with Crippen molar-refractivity contribution in [3.8, 4) is 0 Å². The van der Waals surface area contributed by atoms with Crippen LogP contribution in [0, 0.1) is 19.8 Å². The molecular weight excluding hydrogens is 346 g/mol. The number of hydrogen-bond acceptors (Lipinski definition) is 5. The van der Waals surface area contributed by atoms with Crippen LogP contribution in [0.4, 0.5) is 0 Å². The van der Waals surface area contributed by atoms with Crippen molar-refractivity contribution in [2.75, 3.05) is 19.6 Å². The van der Waals surface area contributed by atoms with Crippen molar-refractivity contribution in [2.24, 2.45) is 5.92 Å². The van der Waals surface area contributed by atoms with Crippen LogP contribution in [0.3, 0.4) is 0 Å². The van der Waals surface area contributed by atoms with Gasteiger partial charge in [0.2, 0.25) is 5.91 Å². The number of H-pyrrole nitrogens is 1. The Labute approximate surface area is 158 Å². The zero-order valence-corrected chi connectivity index (χ0v) is 15.8. The van der Waals surface area contributed by atoms with E-state index in [9.17, 15) is 9.59 Å². The van der Waals surface area contributed by atoms with E-state index < -0.39 is 0 Å². The number of likely N-dealkylation sites (tertiary alicyclic amines) is 2. The first-order valence-corrected chi connectivity index (χ1v) is 9.53. The van der Waals surface area contributed by atoms with Crippen LogP contribution >= 0.6 is 0 Å². The van der Waals surface area contributed by atoms with Gasteiger partial charge in [0.05, 0.1) is 6.33 Å². The number of nitrogens with one attached hydrogen (secondary N) is 1. The Morgan fingerprint density at radius 2 is 2.22 bits per heavy atom. The van der Waals surface area contributed by atoms with Gasteiger partial charge in [-0.25, -0.2) is 9.97 Å². The van der Waals surface area contributed by atoms with Crippen molar-refractivity contribution in [3.63, 3.8) is 0 Å². The molecule has 4 heterocycles. The summed E-state index contributed by atoms with van der Waals surface area (Å²) >= 11 is 0. The molecule has 1 N–H and O–H groups in total. The second-order valence-electron chi connectivity index (χ2n) is 7.46. The van der Waals surface area contributed by atoms with Gasteiger partial charge in [0, 0.05) is 57.3 Å². The van der Waals surface area contributed by atoms with Crippen LogP contribution in [0.2, 0.25) is 0 Å². The summed E-state index contributed by atoms with van der Waals surface area (Å²) in [7, 11) is 0. The molecule has 144 valence electrons. The molecule has 0 aromatic carbocycles. The smallest absolute Gasteiger partial charge is 0.276 e. The number of amides is 2. The first-order valence-electron chi connectivity index (χ1n) is 9.53. The molecule has 2 aliphatic rings. The quantitative estimate of drug-likeness (QED) is 0.883. The van der Waals surface area contributed by atoms with Crippen molar-refractivity contribution in [1.29, 1.82) is 0 Å². The first-order chi connectivity index (χ1) is 13.0. The number of rotatable bonds is 4. The number of nitrogens with zero attached hydrogens (tertiary/aromatic N) is 4. The van der Waals surface area contributed by atoms with Gasteiger partial charge in [-0.1, -0.05) is 0 Å². The molecule has 2 aliphatic heterocycles. The average molecular weight is 371 g/mol. The Bertz CT molecular complexity index is 829. The summed E-state index contributed by atoms with van der Waals surface area (Å²) in [5.41, 5.74) is 1.45. The molecule has 0 bridgehead atoms. The van der Waals surface area contributed by atoms with Gasteiger partial charge in [0.25, 0.3) is 5.91 Å². The molecule has 2 fully saturated rings. The zero-order valence-electron chi connectivity index (χ0n) is 15.8. The maximum Gasteiger partial charge on any atom is 0.276 e. The lowest BCUT2D eigenvalue weighted by Crippen LogP contribution is -2.57. The molecule has 2 aromatic heterocycles. The summed E-state index contributed by atoms with van der Waals surface area (Å²) in [5.74, 6) is 1.55. The highest BCUT2D eigenvalue weighted by Gasteiger charge is 2.40. The van der Waals surface area contributed by atoms with Crippen molar-refractivity contribution < 1.29 is 14.0 Å². The Morgan fingerprint density at radius 1 is 1.37 bits per heavy atom. The van der Waals surface area contributed by atoms with Crippen LogP contribution in [0.25, 0.3) is 0 Å². The third kappa shape index (κ3) is 3.48. The highest BCUT2D eigenvalue weighted by molar-refractivity contribution is 5.93. The molecule has 2 aromatic rings. The molecule has 0 spiro atoms. The number of carbonyl (C=O) groups excluding carboxylic acids is 2. The maximum absolute atomic E-state index is 12.8. The average Bonchev–Trinajstić information content (AvgIpc) is 3.29. The lowest BCUT2D eigenvalue weighted by molar-refractivity contribution is -0.140. The number of piperidine rings is 2. The molecule has 2 atom stereocenters. The lowest BCUT2D eigenvalue weighted by atomic mass is 9.83.